The monoisotopic (exact) mass is 265 g/mol. The van der Waals surface area contributed by atoms with Crippen LogP contribution in [-0.4, -0.2) is 13.2 Å². The van der Waals surface area contributed by atoms with Crippen LogP contribution in [0.5, 0.6) is 0 Å². The third-order valence-corrected chi connectivity index (χ3v) is 3.10. The molecule has 0 spiro atoms. The Hall–Kier alpha value is -0.740. The molecule has 1 atom stereocenters. The molecule has 17 heavy (non-hydrogen) atoms. The van der Waals surface area contributed by atoms with E-state index in [2.05, 4.69) is 5.32 Å². The molecule has 0 heterocycles. The van der Waals surface area contributed by atoms with Crippen LogP contribution in [0.4, 0.5) is 13.2 Å². The molecule has 0 aliphatic heterocycles. The lowest BCUT2D eigenvalue weighted by molar-refractivity contribution is -0.140. The van der Waals surface area contributed by atoms with Crippen molar-refractivity contribution in [1.29, 1.82) is 0 Å². The number of halogens is 4. The summed E-state index contributed by atoms with van der Waals surface area (Å²) in [5.74, 6) is 0. The van der Waals surface area contributed by atoms with Crippen molar-refractivity contribution in [2.24, 2.45) is 0 Å². The summed E-state index contributed by atoms with van der Waals surface area (Å²) in [4.78, 5) is 0. The van der Waals surface area contributed by atoms with Gasteiger partial charge in [-0.05, 0) is 43.7 Å². The molecule has 1 aromatic rings. The maximum absolute atomic E-state index is 12.4. The highest BCUT2D eigenvalue weighted by molar-refractivity contribution is 6.31. The summed E-state index contributed by atoms with van der Waals surface area (Å²) in [7, 11) is 1.50. The highest BCUT2D eigenvalue weighted by atomic mass is 35.5. The second kappa shape index (κ2) is 5.27. The van der Waals surface area contributed by atoms with Gasteiger partial charge in [-0.2, -0.15) is 13.2 Å². The number of nitrogens with one attached hydrogen (secondary N) is 1. The molecule has 1 unspecified atom stereocenters. The Balaban J connectivity index is 3.08. The molecule has 0 aliphatic rings. The standard InChI is InChI=1S/C12H15ClF3N/c1-7-4-9(10(13)5-8(7)2)11(17-3)6-12(14,15)16/h4-5,11,17H,6H2,1-3H3. The van der Waals surface area contributed by atoms with Crippen LogP contribution < -0.4 is 5.32 Å². The maximum atomic E-state index is 12.4. The van der Waals surface area contributed by atoms with Crippen LogP contribution in [0.3, 0.4) is 0 Å². The highest BCUT2D eigenvalue weighted by Crippen LogP contribution is 2.33. The molecular formula is C12H15ClF3N. The number of hydrogen-bond donors (Lipinski definition) is 1. The summed E-state index contributed by atoms with van der Waals surface area (Å²) in [6.45, 7) is 3.73. The van der Waals surface area contributed by atoms with Crippen molar-refractivity contribution < 1.29 is 13.2 Å². The third kappa shape index (κ3) is 3.89. The molecule has 0 saturated heterocycles. The average Bonchev–Trinajstić information content (AvgIpc) is 2.19. The molecule has 5 heteroatoms. The predicted molar refractivity (Wildman–Crippen MR) is 63.4 cm³/mol. The van der Waals surface area contributed by atoms with Gasteiger partial charge in [0.2, 0.25) is 0 Å². The van der Waals surface area contributed by atoms with Crippen molar-refractivity contribution in [2.75, 3.05) is 7.05 Å². The molecule has 1 N–H and O–H groups in total. The minimum atomic E-state index is -4.21. The van der Waals surface area contributed by atoms with E-state index >= 15 is 0 Å². The zero-order valence-corrected chi connectivity index (χ0v) is 10.7. The van der Waals surface area contributed by atoms with Crippen LogP contribution in [0.15, 0.2) is 12.1 Å². The lowest BCUT2D eigenvalue weighted by Gasteiger charge is -2.20. The first-order chi connectivity index (χ1) is 7.74. The van der Waals surface area contributed by atoms with Crippen LogP contribution in [-0.2, 0) is 0 Å². The van der Waals surface area contributed by atoms with Crippen molar-refractivity contribution >= 4 is 11.6 Å². The summed E-state index contributed by atoms with van der Waals surface area (Å²) >= 11 is 6.00. The van der Waals surface area contributed by atoms with Crippen LogP contribution in [0.2, 0.25) is 5.02 Å². The Bertz CT molecular complexity index is 401. The molecule has 0 amide bonds. The van der Waals surface area contributed by atoms with E-state index in [1.807, 2.05) is 13.8 Å². The van der Waals surface area contributed by atoms with Gasteiger partial charge in [0.15, 0.2) is 0 Å². The summed E-state index contributed by atoms with van der Waals surface area (Å²) in [5, 5.41) is 3.03. The summed E-state index contributed by atoms with van der Waals surface area (Å²) < 4.78 is 37.2. The Labute approximate surface area is 104 Å². The molecule has 1 aromatic carbocycles. The van der Waals surface area contributed by atoms with Gasteiger partial charge in [0.05, 0.1) is 6.42 Å². The first-order valence-corrected chi connectivity index (χ1v) is 5.63. The Morgan fingerprint density at radius 2 is 1.76 bits per heavy atom. The first-order valence-electron chi connectivity index (χ1n) is 5.25. The van der Waals surface area contributed by atoms with Gasteiger partial charge < -0.3 is 5.32 Å². The first kappa shape index (κ1) is 14.3. The van der Waals surface area contributed by atoms with Crippen molar-refractivity contribution in [3.63, 3.8) is 0 Å². The lowest BCUT2D eigenvalue weighted by atomic mass is 9.99. The molecule has 0 radical (unpaired) electrons. The normalized spacial score (nSPS) is 13.8. The summed E-state index contributed by atoms with van der Waals surface area (Å²) in [5.41, 5.74) is 2.40. The van der Waals surface area contributed by atoms with E-state index in [-0.39, 0.29) is 0 Å². The van der Waals surface area contributed by atoms with E-state index in [1.54, 1.807) is 12.1 Å². The molecule has 0 aliphatic carbocycles. The minimum absolute atomic E-state index is 0.372. The van der Waals surface area contributed by atoms with Gasteiger partial charge in [-0.25, -0.2) is 0 Å². The SMILES string of the molecule is CNC(CC(F)(F)F)c1cc(C)c(C)cc1Cl. The van der Waals surface area contributed by atoms with Gasteiger partial charge in [0.25, 0.3) is 0 Å². The Morgan fingerprint density at radius 3 is 2.24 bits per heavy atom. The number of aryl methyl sites for hydroxylation is 2. The van der Waals surface area contributed by atoms with Crippen molar-refractivity contribution in [3.05, 3.63) is 33.8 Å². The van der Waals surface area contributed by atoms with Crippen LogP contribution >= 0.6 is 11.6 Å². The lowest BCUT2D eigenvalue weighted by Crippen LogP contribution is -2.24. The highest BCUT2D eigenvalue weighted by Gasteiger charge is 2.32. The summed E-state index contributed by atoms with van der Waals surface area (Å²) in [6, 6.07) is 2.61. The number of rotatable bonds is 3. The van der Waals surface area contributed by atoms with Gasteiger partial charge in [-0.1, -0.05) is 17.7 Å². The molecule has 96 valence electrons. The van der Waals surface area contributed by atoms with Crippen LogP contribution in [0, 0.1) is 13.8 Å². The van der Waals surface area contributed by atoms with Gasteiger partial charge in [-0.3, -0.25) is 0 Å². The minimum Gasteiger partial charge on any atom is -0.313 e. The maximum Gasteiger partial charge on any atom is 0.390 e. The molecular weight excluding hydrogens is 251 g/mol. The van der Waals surface area contributed by atoms with E-state index in [4.69, 9.17) is 11.6 Å². The fraction of sp³-hybridized carbons (Fsp3) is 0.500. The largest absolute Gasteiger partial charge is 0.390 e. The second-order valence-electron chi connectivity index (χ2n) is 4.12. The molecule has 1 rings (SSSR count). The molecule has 0 aromatic heterocycles. The van der Waals surface area contributed by atoms with Gasteiger partial charge in [0, 0.05) is 11.1 Å². The van der Waals surface area contributed by atoms with Gasteiger partial charge >= 0.3 is 6.18 Å². The van der Waals surface area contributed by atoms with Crippen LogP contribution in [0.1, 0.15) is 29.2 Å². The van der Waals surface area contributed by atoms with E-state index < -0.39 is 18.6 Å². The van der Waals surface area contributed by atoms with E-state index in [9.17, 15) is 13.2 Å². The number of alkyl halides is 3. The van der Waals surface area contributed by atoms with E-state index in [0.717, 1.165) is 11.1 Å². The van der Waals surface area contributed by atoms with Gasteiger partial charge in [-0.15, -0.1) is 0 Å². The molecule has 0 saturated carbocycles. The zero-order valence-electron chi connectivity index (χ0n) is 9.95. The average molecular weight is 266 g/mol. The fourth-order valence-electron chi connectivity index (χ4n) is 1.67. The third-order valence-electron chi connectivity index (χ3n) is 2.77. The van der Waals surface area contributed by atoms with Crippen molar-refractivity contribution in [2.45, 2.75) is 32.5 Å². The fourth-order valence-corrected chi connectivity index (χ4v) is 2.02. The van der Waals surface area contributed by atoms with Crippen molar-refractivity contribution in [1.82, 2.24) is 5.32 Å². The van der Waals surface area contributed by atoms with Crippen LogP contribution in [0.25, 0.3) is 0 Å². The molecule has 1 nitrogen and oxygen atoms in total. The van der Waals surface area contributed by atoms with Gasteiger partial charge in [0.1, 0.15) is 0 Å². The number of benzene rings is 1. The van der Waals surface area contributed by atoms with Crippen molar-refractivity contribution in [3.8, 4) is 0 Å². The molecule has 0 bridgehead atoms. The molecule has 0 fully saturated rings. The number of hydrogen-bond acceptors (Lipinski definition) is 1. The Kier molecular flexibility index (Phi) is 4.44. The topological polar surface area (TPSA) is 12.0 Å². The summed E-state index contributed by atoms with van der Waals surface area (Å²) in [6.07, 6.45) is -5.14. The zero-order chi connectivity index (χ0) is 13.2. The van der Waals surface area contributed by atoms with E-state index in [0.29, 0.717) is 10.6 Å². The van der Waals surface area contributed by atoms with E-state index in [1.165, 1.54) is 7.05 Å². The smallest absolute Gasteiger partial charge is 0.313 e. The second-order valence-corrected chi connectivity index (χ2v) is 4.53. The quantitative estimate of drug-likeness (QED) is 0.865. The predicted octanol–water partition coefficient (Wildman–Crippen LogP) is 4.17. The Morgan fingerprint density at radius 1 is 1.24 bits per heavy atom.